The smallest absolute Gasteiger partial charge is 0.183 e. The van der Waals surface area contributed by atoms with Gasteiger partial charge in [-0.3, -0.25) is 0 Å². The van der Waals surface area contributed by atoms with E-state index in [9.17, 15) is 15.3 Å². The standard InChI is InChI=1S/C14H26O8/c1-6-10(15)8(18-3)5-9(20-6)22-12-7(2)21-14(17)11(16)13(12)19-4/h6-17H,5H2,1-4H3/t6-,7-,8+,9+,10-,11-,12-,13+,14-/m1/s1. The quantitative estimate of drug-likeness (QED) is 0.605. The Bertz CT molecular complexity index is 354. The highest BCUT2D eigenvalue weighted by atomic mass is 16.7. The second kappa shape index (κ2) is 7.50. The van der Waals surface area contributed by atoms with Crippen LogP contribution < -0.4 is 0 Å². The fraction of sp³-hybridized carbons (Fsp3) is 1.00. The Hall–Kier alpha value is -0.320. The van der Waals surface area contributed by atoms with E-state index in [2.05, 4.69) is 0 Å². The van der Waals surface area contributed by atoms with E-state index in [-0.39, 0.29) is 0 Å². The molecule has 0 unspecified atom stereocenters. The Morgan fingerprint density at radius 3 is 2.14 bits per heavy atom. The minimum atomic E-state index is -1.32. The van der Waals surface area contributed by atoms with E-state index in [1.165, 1.54) is 14.2 Å². The summed E-state index contributed by atoms with van der Waals surface area (Å²) in [5, 5.41) is 29.6. The second-order valence-corrected chi connectivity index (χ2v) is 5.79. The van der Waals surface area contributed by atoms with Crippen LogP contribution in [0, 0.1) is 0 Å². The summed E-state index contributed by atoms with van der Waals surface area (Å²) < 4.78 is 27.3. The highest BCUT2D eigenvalue weighted by molar-refractivity contribution is 4.90. The van der Waals surface area contributed by atoms with Crippen LogP contribution in [0.4, 0.5) is 0 Å². The van der Waals surface area contributed by atoms with Gasteiger partial charge in [-0.05, 0) is 13.8 Å². The van der Waals surface area contributed by atoms with Gasteiger partial charge in [-0.2, -0.15) is 0 Å². The monoisotopic (exact) mass is 322 g/mol. The fourth-order valence-electron chi connectivity index (χ4n) is 2.97. The van der Waals surface area contributed by atoms with Gasteiger partial charge in [0.05, 0.1) is 18.3 Å². The summed E-state index contributed by atoms with van der Waals surface area (Å²) in [6.07, 6.45) is -6.23. The number of aliphatic hydroxyl groups is 3. The first kappa shape index (κ1) is 18.0. The van der Waals surface area contributed by atoms with Crippen LogP contribution in [0.5, 0.6) is 0 Å². The first-order chi connectivity index (χ1) is 10.4. The van der Waals surface area contributed by atoms with Crippen molar-refractivity contribution in [3.05, 3.63) is 0 Å². The molecule has 22 heavy (non-hydrogen) atoms. The summed E-state index contributed by atoms with van der Waals surface area (Å²) >= 11 is 0. The molecule has 0 aliphatic carbocycles. The van der Waals surface area contributed by atoms with E-state index in [1.54, 1.807) is 13.8 Å². The third kappa shape index (κ3) is 3.60. The molecule has 2 rings (SSSR count). The Labute approximate surface area is 129 Å². The number of hydrogen-bond donors (Lipinski definition) is 3. The van der Waals surface area contributed by atoms with Crippen molar-refractivity contribution in [1.82, 2.24) is 0 Å². The molecule has 8 heteroatoms. The van der Waals surface area contributed by atoms with Crippen molar-refractivity contribution in [2.75, 3.05) is 14.2 Å². The first-order valence-electron chi connectivity index (χ1n) is 7.45. The lowest BCUT2D eigenvalue weighted by Gasteiger charge is -2.44. The molecule has 2 aliphatic rings. The molecule has 2 saturated heterocycles. The van der Waals surface area contributed by atoms with Gasteiger partial charge in [0, 0.05) is 20.6 Å². The minimum absolute atomic E-state index is 0.348. The number of methoxy groups -OCH3 is 2. The van der Waals surface area contributed by atoms with E-state index in [1.807, 2.05) is 0 Å². The fourth-order valence-corrected chi connectivity index (χ4v) is 2.97. The Balaban J connectivity index is 2.04. The largest absolute Gasteiger partial charge is 0.388 e. The van der Waals surface area contributed by atoms with Crippen LogP contribution >= 0.6 is 0 Å². The summed E-state index contributed by atoms with van der Waals surface area (Å²) in [4.78, 5) is 0. The normalized spacial score (nSPS) is 50.0. The van der Waals surface area contributed by atoms with Gasteiger partial charge in [-0.25, -0.2) is 0 Å². The number of rotatable bonds is 4. The maximum atomic E-state index is 9.96. The van der Waals surface area contributed by atoms with Crippen LogP contribution in [0.15, 0.2) is 0 Å². The number of aliphatic hydroxyl groups excluding tert-OH is 3. The average Bonchev–Trinajstić information content (AvgIpc) is 2.48. The van der Waals surface area contributed by atoms with E-state index < -0.39 is 55.3 Å². The number of ether oxygens (including phenoxy) is 5. The van der Waals surface area contributed by atoms with Gasteiger partial charge in [0.15, 0.2) is 12.6 Å². The summed E-state index contributed by atoms with van der Waals surface area (Å²) in [6.45, 7) is 3.46. The maximum Gasteiger partial charge on any atom is 0.183 e. The zero-order valence-electron chi connectivity index (χ0n) is 13.3. The van der Waals surface area contributed by atoms with Crippen LogP contribution in [0.3, 0.4) is 0 Å². The molecule has 130 valence electrons. The van der Waals surface area contributed by atoms with Crippen LogP contribution in [0.1, 0.15) is 20.3 Å². The van der Waals surface area contributed by atoms with Crippen LogP contribution in [-0.4, -0.2) is 84.8 Å². The summed E-state index contributed by atoms with van der Waals surface area (Å²) in [7, 11) is 2.95. The molecular weight excluding hydrogens is 296 g/mol. The summed E-state index contributed by atoms with van der Waals surface area (Å²) in [5.74, 6) is 0. The molecule has 2 aliphatic heterocycles. The Kier molecular flexibility index (Phi) is 6.14. The van der Waals surface area contributed by atoms with Gasteiger partial charge in [0.1, 0.15) is 24.4 Å². The molecule has 0 aromatic heterocycles. The lowest BCUT2D eigenvalue weighted by Crippen LogP contribution is -2.60. The van der Waals surface area contributed by atoms with Crippen molar-refractivity contribution < 1.29 is 39.0 Å². The van der Waals surface area contributed by atoms with Crippen molar-refractivity contribution >= 4 is 0 Å². The predicted octanol–water partition coefficient (Wildman–Crippen LogP) is -1.00. The summed E-state index contributed by atoms with van der Waals surface area (Å²) in [6, 6.07) is 0. The molecular formula is C14H26O8. The van der Waals surface area contributed by atoms with Crippen LogP contribution in [0.25, 0.3) is 0 Å². The van der Waals surface area contributed by atoms with E-state index >= 15 is 0 Å². The highest BCUT2D eigenvalue weighted by Gasteiger charge is 2.46. The Morgan fingerprint density at radius 2 is 1.55 bits per heavy atom. The van der Waals surface area contributed by atoms with Crippen LogP contribution in [-0.2, 0) is 23.7 Å². The molecule has 0 spiro atoms. The maximum absolute atomic E-state index is 9.96. The molecule has 0 saturated carbocycles. The van der Waals surface area contributed by atoms with E-state index in [0.717, 1.165) is 0 Å². The molecule has 2 heterocycles. The molecule has 0 bridgehead atoms. The van der Waals surface area contributed by atoms with Gasteiger partial charge in [0.25, 0.3) is 0 Å². The van der Waals surface area contributed by atoms with Gasteiger partial charge >= 0.3 is 0 Å². The van der Waals surface area contributed by atoms with E-state index in [0.29, 0.717) is 6.42 Å². The third-order valence-corrected chi connectivity index (χ3v) is 4.31. The average molecular weight is 322 g/mol. The SMILES string of the molecule is CO[C@H]1[C@@H](O)[C@H](O)O[C@H](C)[C@H]1O[C@H]1C[C@H](OC)[C@H](O)[C@@H](C)O1. The van der Waals surface area contributed by atoms with Gasteiger partial charge in [0.2, 0.25) is 0 Å². The van der Waals surface area contributed by atoms with Gasteiger partial charge < -0.3 is 39.0 Å². The molecule has 9 atom stereocenters. The van der Waals surface area contributed by atoms with Gasteiger partial charge in [-0.1, -0.05) is 0 Å². The van der Waals surface area contributed by atoms with E-state index in [4.69, 9.17) is 23.7 Å². The summed E-state index contributed by atoms with van der Waals surface area (Å²) in [5.41, 5.74) is 0. The van der Waals surface area contributed by atoms with Crippen molar-refractivity contribution in [1.29, 1.82) is 0 Å². The topological polar surface area (TPSA) is 107 Å². The van der Waals surface area contributed by atoms with Crippen molar-refractivity contribution in [3.63, 3.8) is 0 Å². The molecule has 8 nitrogen and oxygen atoms in total. The molecule has 0 aromatic carbocycles. The molecule has 3 N–H and O–H groups in total. The van der Waals surface area contributed by atoms with Gasteiger partial charge in [-0.15, -0.1) is 0 Å². The zero-order valence-corrected chi connectivity index (χ0v) is 13.3. The molecule has 0 amide bonds. The highest BCUT2D eigenvalue weighted by Crippen LogP contribution is 2.29. The molecule has 0 radical (unpaired) electrons. The predicted molar refractivity (Wildman–Crippen MR) is 74.0 cm³/mol. The second-order valence-electron chi connectivity index (χ2n) is 5.79. The third-order valence-electron chi connectivity index (χ3n) is 4.31. The van der Waals surface area contributed by atoms with Crippen LogP contribution in [0.2, 0.25) is 0 Å². The minimum Gasteiger partial charge on any atom is -0.388 e. The van der Waals surface area contributed by atoms with Crippen molar-refractivity contribution in [2.24, 2.45) is 0 Å². The van der Waals surface area contributed by atoms with Crippen molar-refractivity contribution in [3.8, 4) is 0 Å². The lowest BCUT2D eigenvalue weighted by molar-refractivity contribution is -0.331. The van der Waals surface area contributed by atoms with Crippen molar-refractivity contribution in [2.45, 2.75) is 75.6 Å². The lowest BCUT2D eigenvalue weighted by atomic mass is 9.98. The number of hydrogen-bond acceptors (Lipinski definition) is 8. The molecule has 2 fully saturated rings. The first-order valence-corrected chi connectivity index (χ1v) is 7.45. The zero-order chi connectivity index (χ0) is 16.4. The Morgan fingerprint density at radius 1 is 0.864 bits per heavy atom. The molecule has 0 aromatic rings.